The van der Waals surface area contributed by atoms with E-state index in [1.165, 1.54) is 17.3 Å². The second-order valence-corrected chi connectivity index (χ2v) is 9.65. The lowest BCUT2D eigenvalue weighted by atomic mass is 9.87. The molecule has 0 aliphatic heterocycles. The summed E-state index contributed by atoms with van der Waals surface area (Å²) < 4.78 is 2.00. The number of allylic oxidation sites excluding steroid dienone is 1. The molecule has 0 radical (unpaired) electrons. The second kappa shape index (κ2) is 9.41. The summed E-state index contributed by atoms with van der Waals surface area (Å²) in [6, 6.07) is 12.4. The van der Waals surface area contributed by atoms with Crippen LogP contribution in [0.25, 0.3) is 11.4 Å². The number of nitrogens with one attached hydrogen (secondary N) is 1. The number of amides is 1. The van der Waals surface area contributed by atoms with Crippen molar-refractivity contribution in [2.45, 2.75) is 44.4 Å². The van der Waals surface area contributed by atoms with Gasteiger partial charge in [0.05, 0.1) is 12.3 Å². The first kappa shape index (κ1) is 21.3. The highest BCUT2D eigenvalue weighted by Crippen LogP contribution is 2.27. The highest BCUT2D eigenvalue weighted by atomic mass is 32.2. The number of hydrogen-bond acceptors (Lipinski definition) is 5. The maximum Gasteiger partial charge on any atom is 0.230 e. The molecule has 0 aliphatic carbocycles. The summed E-state index contributed by atoms with van der Waals surface area (Å²) in [6.45, 7) is 11.6. The van der Waals surface area contributed by atoms with Gasteiger partial charge in [-0.05, 0) is 22.4 Å². The molecule has 0 saturated carbocycles. The van der Waals surface area contributed by atoms with Crippen molar-refractivity contribution >= 4 is 29.0 Å². The van der Waals surface area contributed by atoms with Crippen LogP contribution in [0.4, 0.5) is 0 Å². The third-order valence-electron chi connectivity index (χ3n) is 4.41. The average molecular weight is 427 g/mol. The van der Waals surface area contributed by atoms with Crippen LogP contribution in [0.1, 0.15) is 31.2 Å². The van der Waals surface area contributed by atoms with Gasteiger partial charge in [-0.3, -0.25) is 9.36 Å². The van der Waals surface area contributed by atoms with Crippen molar-refractivity contribution in [2.24, 2.45) is 0 Å². The summed E-state index contributed by atoms with van der Waals surface area (Å²) in [5.74, 6) is 1.06. The summed E-state index contributed by atoms with van der Waals surface area (Å²) in [5.41, 5.74) is 2.37. The first-order valence-corrected chi connectivity index (χ1v) is 11.3. The van der Waals surface area contributed by atoms with Crippen molar-refractivity contribution in [1.82, 2.24) is 20.1 Å². The van der Waals surface area contributed by atoms with Crippen LogP contribution < -0.4 is 5.32 Å². The molecule has 2 aromatic heterocycles. The molecule has 1 aromatic carbocycles. The van der Waals surface area contributed by atoms with E-state index in [0.29, 0.717) is 24.0 Å². The van der Waals surface area contributed by atoms with Crippen molar-refractivity contribution in [3.8, 4) is 11.4 Å². The number of rotatable bonds is 8. The fourth-order valence-corrected chi connectivity index (χ4v) is 4.22. The predicted octanol–water partition coefficient (Wildman–Crippen LogP) is 4.90. The van der Waals surface area contributed by atoms with Gasteiger partial charge in [-0.2, -0.15) is 0 Å². The van der Waals surface area contributed by atoms with Crippen LogP contribution >= 0.6 is 23.1 Å². The highest BCUT2D eigenvalue weighted by molar-refractivity contribution is 7.99. The standard InChI is InChI=1S/C22H26N4OS2/c1-5-12-26-20(16-8-10-17(11-9-16)22(2,3)4)24-25-21(26)29-15-19(27)23-14-18-7-6-13-28-18/h5-11,13H,1,12,14-15H2,2-4H3,(H,23,27). The van der Waals surface area contributed by atoms with E-state index in [2.05, 4.69) is 67.1 Å². The molecular weight excluding hydrogens is 400 g/mol. The molecule has 0 unspecified atom stereocenters. The van der Waals surface area contributed by atoms with Crippen molar-refractivity contribution in [3.05, 3.63) is 64.9 Å². The molecule has 0 fully saturated rings. The number of thiophene rings is 1. The molecule has 0 aliphatic rings. The predicted molar refractivity (Wildman–Crippen MR) is 121 cm³/mol. The number of carbonyl (C=O) groups is 1. The number of aromatic nitrogens is 3. The van der Waals surface area contributed by atoms with Gasteiger partial charge in [-0.15, -0.1) is 28.1 Å². The summed E-state index contributed by atoms with van der Waals surface area (Å²) in [5, 5.41) is 14.3. The molecule has 3 rings (SSSR count). The third-order valence-corrected chi connectivity index (χ3v) is 6.25. The monoisotopic (exact) mass is 426 g/mol. The van der Waals surface area contributed by atoms with Gasteiger partial charge in [0.15, 0.2) is 11.0 Å². The van der Waals surface area contributed by atoms with Crippen molar-refractivity contribution in [2.75, 3.05) is 5.75 Å². The Morgan fingerprint density at radius 1 is 1.24 bits per heavy atom. The first-order valence-electron chi connectivity index (χ1n) is 9.45. The van der Waals surface area contributed by atoms with E-state index >= 15 is 0 Å². The van der Waals surface area contributed by atoms with Gasteiger partial charge in [-0.1, -0.05) is 68.9 Å². The smallest absolute Gasteiger partial charge is 0.230 e. The molecule has 2 heterocycles. The fraction of sp³-hybridized carbons (Fsp3) is 0.318. The SMILES string of the molecule is C=CCn1c(SCC(=O)NCc2cccs2)nnc1-c1ccc(C(C)(C)C)cc1. The molecule has 0 bridgehead atoms. The Hall–Kier alpha value is -2.38. The Balaban J connectivity index is 1.69. The molecule has 1 N–H and O–H groups in total. The third kappa shape index (κ3) is 5.58. The maximum atomic E-state index is 12.2. The minimum Gasteiger partial charge on any atom is -0.350 e. The zero-order valence-electron chi connectivity index (χ0n) is 17.0. The Morgan fingerprint density at radius 2 is 2.00 bits per heavy atom. The molecular formula is C22H26N4OS2. The van der Waals surface area contributed by atoms with Gasteiger partial charge in [0, 0.05) is 17.0 Å². The van der Waals surface area contributed by atoms with Crippen molar-refractivity contribution in [1.29, 1.82) is 0 Å². The number of benzene rings is 1. The quantitative estimate of drug-likeness (QED) is 0.411. The lowest BCUT2D eigenvalue weighted by Gasteiger charge is -2.19. The summed E-state index contributed by atoms with van der Waals surface area (Å²) in [4.78, 5) is 13.3. The highest BCUT2D eigenvalue weighted by Gasteiger charge is 2.17. The Morgan fingerprint density at radius 3 is 2.62 bits per heavy atom. The first-order chi connectivity index (χ1) is 13.9. The lowest BCUT2D eigenvalue weighted by molar-refractivity contribution is -0.118. The fourth-order valence-electron chi connectivity index (χ4n) is 2.80. The molecule has 5 nitrogen and oxygen atoms in total. The number of carbonyl (C=O) groups excluding carboxylic acids is 1. The van der Waals surface area contributed by atoms with Gasteiger partial charge < -0.3 is 5.32 Å². The molecule has 152 valence electrons. The average Bonchev–Trinajstić information content (AvgIpc) is 3.34. The lowest BCUT2D eigenvalue weighted by Crippen LogP contribution is -2.24. The Labute approximate surface area is 180 Å². The Kier molecular flexibility index (Phi) is 6.92. The van der Waals surface area contributed by atoms with E-state index in [1.54, 1.807) is 11.3 Å². The number of hydrogen-bond donors (Lipinski definition) is 1. The van der Waals surface area contributed by atoms with Gasteiger partial charge in [0.1, 0.15) is 0 Å². The van der Waals surface area contributed by atoms with Crippen molar-refractivity contribution in [3.63, 3.8) is 0 Å². The normalized spacial score (nSPS) is 11.4. The molecule has 0 atom stereocenters. The number of nitrogens with zero attached hydrogens (tertiary/aromatic N) is 3. The number of thioether (sulfide) groups is 1. The van der Waals surface area contributed by atoms with Crippen LogP contribution in [0.2, 0.25) is 0 Å². The van der Waals surface area contributed by atoms with Gasteiger partial charge >= 0.3 is 0 Å². The summed E-state index contributed by atoms with van der Waals surface area (Å²) in [7, 11) is 0. The molecule has 1 amide bonds. The summed E-state index contributed by atoms with van der Waals surface area (Å²) in [6.07, 6.45) is 1.82. The zero-order valence-corrected chi connectivity index (χ0v) is 18.6. The zero-order chi connectivity index (χ0) is 20.9. The topological polar surface area (TPSA) is 59.8 Å². The van der Waals surface area contributed by atoms with E-state index in [4.69, 9.17) is 0 Å². The van der Waals surface area contributed by atoms with Crippen LogP contribution in [0.5, 0.6) is 0 Å². The second-order valence-electron chi connectivity index (χ2n) is 7.68. The van der Waals surface area contributed by atoms with Gasteiger partial charge in [-0.25, -0.2) is 0 Å². The summed E-state index contributed by atoms with van der Waals surface area (Å²) >= 11 is 3.02. The minimum atomic E-state index is -0.0207. The van der Waals surface area contributed by atoms with E-state index in [1.807, 2.05) is 28.2 Å². The molecule has 0 spiro atoms. The van der Waals surface area contributed by atoms with Crippen LogP contribution in [0.15, 0.2) is 59.6 Å². The van der Waals surface area contributed by atoms with E-state index < -0.39 is 0 Å². The molecule has 29 heavy (non-hydrogen) atoms. The van der Waals surface area contributed by atoms with Crippen LogP contribution in [0.3, 0.4) is 0 Å². The largest absolute Gasteiger partial charge is 0.350 e. The van der Waals surface area contributed by atoms with E-state index in [9.17, 15) is 4.79 Å². The molecule has 0 saturated heterocycles. The van der Waals surface area contributed by atoms with E-state index in [0.717, 1.165) is 16.3 Å². The van der Waals surface area contributed by atoms with Crippen LogP contribution in [-0.4, -0.2) is 26.4 Å². The van der Waals surface area contributed by atoms with Crippen LogP contribution in [0, 0.1) is 0 Å². The molecule has 7 heteroatoms. The van der Waals surface area contributed by atoms with Gasteiger partial charge in [0.2, 0.25) is 5.91 Å². The van der Waals surface area contributed by atoms with Gasteiger partial charge in [0.25, 0.3) is 0 Å². The maximum absolute atomic E-state index is 12.2. The minimum absolute atomic E-state index is 0.0207. The van der Waals surface area contributed by atoms with Crippen LogP contribution in [-0.2, 0) is 23.3 Å². The van der Waals surface area contributed by atoms with Crippen molar-refractivity contribution < 1.29 is 4.79 Å². The Bertz CT molecular complexity index is 954. The van der Waals surface area contributed by atoms with E-state index in [-0.39, 0.29) is 11.3 Å². The molecule has 3 aromatic rings.